The van der Waals surface area contributed by atoms with Crippen molar-refractivity contribution in [3.8, 4) is 11.4 Å². The van der Waals surface area contributed by atoms with Crippen LogP contribution in [0.25, 0.3) is 11.4 Å². The summed E-state index contributed by atoms with van der Waals surface area (Å²) in [5.41, 5.74) is 1.40. The zero-order valence-corrected chi connectivity index (χ0v) is 12.7. The summed E-state index contributed by atoms with van der Waals surface area (Å²) in [5.74, 6) is -2.65. The van der Waals surface area contributed by atoms with Crippen LogP contribution in [0.4, 0.5) is 8.78 Å². The number of halogens is 2. The molecule has 23 heavy (non-hydrogen) atoms. The van der Waals surface area contributed by atoms with Gasteiger partial charge in [0.25, 0.3) is 11.8 Å². The predicted molar refractivity (Wildman–Crippen MR) is 80.1 cm³/mol. The lowest BCUT2D eigenvalue weighted by Gasteiger charge is -2.31. The van der Waals surface area contributed by atoms with Gasteiger partial charge in [0.2, 0.25) is 0 Å². The monoisotopic (exact) mass is 318 g/mol. The fourth-order valence-corrected chi connectivity index (χ4v) is 2.53. The summed E-state index contributed by atoms with van der Waals surface area (Å²) in [6.45, 7) is 1.82. The number of rotatable bonds is 2. The standard InChI is InChI=1S/C16H16F2N4O/c1-11-3-4-12(14-19-7-2-8-20-14)13(21-11)15(23)22-9-5-16(17,18)6-10-22/h2-4,7-8H,5-6,9-10H2,1H3. The van der Waals surface area contributed by atoms with E-state index in [1.165, 1.54) is 4.90 Å². The van der Waals surface area contributed by atoms with Gasteiger partial charge in [-0.2, -0.15) is 0 Å². The number of likely N-dealkylation sites (tertiary alicyclic amines) is 1. The Labute approximate surface area is 132 Å². The fourth-order valence-electron chi connectivity index (χ4n) is 2.53. The lowest BCUT2D eigenvalue weighted by Crippen LogP contribution is -2.43. The van der Waals surface area contributed by atoms with Crippen LogP contribution >= 0.6 is 0 Å². The molecule has 2 aromatic heterocycles. The number of amides is 1. The van der Waals surface area contributed by atoms with Gasteiger partial charge in [-0.3, -0.25) is 4.79 Å². The average molecular weight is 318 g/mol. The Hall–Kier alpha value is -2.44. The second-order valence-electron chi connectivity index (χ2n) is 5.57. The maximum atomic E-state index is 13.3. The van der Waals surface area contributed by atoms with Crippen LogP contribution in [0.1, 0.15) is 29.0 Å². The van der Waals surface area contributed by atoms with Gasteiger partial charge < -0.3 is 4.90 Å². The van der Waals surface area contributed by atoms with Crippen LogP contribution in [0.2, 0.25) is 0 Å². The highest BCUT2D eigenvalue weighted by Crippen LogP contribution is 2.29. The Morgan fingerprint density at radius 3 is 2.48 bits per heavy atom. The smallest absolute Gasteiger partial charge is 0.273 e. The molecule has 1 fully saturated rings. The van der Waals surface area contributed by atoms with Crippen molar-refractivity contribution >= 4 is 5.91 Å². The summed E-state index contributed by atoms with van der Waals surface area (Å²) in [6.07, 6.45) is 2.53. The third-order valence-electron chi connectivity index (χ3n) is 3.83. The second kappa shape index (κ2) is 5.98. The molecule has 0 aliphatic carbocycles. The van der Waals surface area contributed by atoms with E-state index in [1.54, 1.807) is 37.5 Å². The molecule has 0 bridgehead atoms. The third-order valence-corrected chi connectivity index (χ3v) is 3.83. The van der Waals surface area contributed by atoms with Gasteiger partial charge in [-0.25, -0.2) is 23.7 Å². The van der Waals surface area contributed by atoms with Crippen molar-refractivity contribution in [2.45, 2.75) is 25.7 Å². The van der Waals surface area contributed by atoms with E-state index in [1.807, 2.05) is 0 Å². The minimum Gasteiger partial charge on any atom is -0.337 e. The SMILES string of the molecule is Cc1ccc(-c2ncccn2)c(C(=O)N2CCC(F)(F)CC2)n1. The molecule has 5 nitrogen and oxygen atoms in total. The topological polar surface area (TPSA) is 59.0 Å². The second-order valence-corrected chi connectivity index (χ2v) is 5.57. The largest absolute Gasteiger partial charge is 0.337 e. The minimum absolute atomic E-state index is 0.0243. The van der Waals surface area contributed by atoms with Crippen molar-refractivity contribution in [3.05, 3.63) is 42.0 Å². The molecule has 120 valence electrons. The highest BCUT2D eigenvalue weighted by atomic mass is 19.3. The molecule has 0 radical (unpaired) electrons. The maximum Gasteiger partial charge on any atom is 0.273 e. The predicted octanol–water partition coefficient (Wildman–Crippen LogP) is 2.72. The molecule has 0 unspecified atom stereocenters. The number of piperidine rings is 1. The van der Waals surface area contributed by atoms with Crippen LogP contribution in [0.5, 0.6) is 0 Å². The van der Waals surface area contributed by atoms with E-state index in [-0.39, 0.29) is 37.5 Å². The molecule has 2 aromatic rings. The van der Waals surface area contributed by atoms with Crippen molar-refractivity contribution in [2.75, 3.05) is 13.1 Å². The van der Waals surface area contributed by atoms with E-state index < -0.39 is 5.92 Å². The van der Waals surface area contributed by atoms with Gasteiger partial charge >= 0.3 is 0 Å². The van der Waals surface area contributed by atoms with Crippen molar-refractivity contribution < 1.29 is 13.6 Å². The van der Waals surface area contributed by atoms with E-state index in [9.17, 15) is 13.6 Å². The summed E-state index contributed by atoms with van der Waals surface area (Å²) in [4.78, 5) is 26.7. The van der Waals surface area contributed by atoms with Crippen molar-refractivity contribution in [1.82, 2.24) is 19.9 Å². The first-order chi connectivity index (χ1) is 11.0. The number of nitrogens with zero attached hydrogens (tertiary/aromatic N) is 4. The van der Waals surface area contributed by atoms with Crippen LogP contribution < -0.4 is 0 Å². The summed E-state index contributed by atoms with van der Waals surface area (Å²) >= 11 is 0. The van der Waals surface area contributed by atoms with E-state index in [4.69, 9.17) is 0 Å². The zero-order valence-electron chi connectivity index (χ0n) is 12.7. The molecule has 1 saturated heterocycles. The van der Waals surface area contributed by atoms with Gasteiger partial charge in [-0.05, 0) is 25.1 Å². The molecular formula is C16H16F2N4O. The Morgan fingerprint density at radius 2 is 1.83 bits per heavy atom. The number of hydrogen-bond acceptors (Lipinski definition) is 4. The summed E-state index contributed by atoms with van der Waals surface area (Å²) < 4.78 is 26.6. The summed E-state index contributed by atoms with van der Waals surface area (Å²) in [5, 5.41) is 0. The van der Waals surface area contributed by atoms with Crippen molar-refractivity contribution in [3.63, 3.8) is 0 Å². The van der Waals surface area contributed by atoms with Gasteiger partial charge in [0, 0.05) is 44.0 Å². The molecular weight excluding hydrogens is 302 g/mol. The maximum absolute atomic E-state index is 13.3. The normalized spacial score (nSPS) is 17.1. The first kappa shape index (κ1) is 15.5. The first-order valence-electron chi connectivity index (χ1n) is 7.38. The van der Waals surface area contributed by atoms with Crippen LogP contribution in [-0.4, -0.2) is 44.8 Å². The van der Waals surface area contributed by atoms with E-state index in [0.717, 1.165) is 0 Å². The van der Waals surface area contributed by atoms with Crippen LogP contribution in [0.3, 0.4) is 0 Å². The molecule has 0 aromatic carbocycles. The number of hydrogen-bond donors (Lipinski definition) is 0. The van der Waals surface area contributed by atoms with Crippen LogP contribution in [0, 0.1) is 6.92 Å². The number of carbonyl (C=O) groups excluding carboxylic acids is 1. The van der Waals surface area contributed by atoms with Gasteiger partial charge in [-0.15, -0.1) is 0 Å². The quantitative estimate of drug-likeness (QED) is 0.854. The summed E-state index contributed by atoms with van der Waals surface area (Å²) in [7, 11) is 0. The number of aromatic nitrogens is 3. The molecule has 0 saturated carbocycles. The Bertz CT molecular complexity index is 711. The number of aryl methyl sites for hydroxylation is 1. The van der Waals surface area contributed by atoms with E-state index >= 15 is 0 Å². The van der Waals surface area contributed by atoms with Crippen LogP contribution in [0.15, 0.2) is 30.6 Å². The Kier molecular flexibility index (Phi) is 4.02. The lowest BCUT2D eigenvalue weighted by molar-refractivity contribution is -0.0495. The zero-order chi connectivity index (χ0) is 16.4. The van der Waals surface area contributed by atoms with Gasteiger partial charge in [0.15, 0.2) is 5.82 Å². The number of carbonyl (C=O) groups is 1. The fraction of sp³-hybridized carbons (Fsp3) is 0.375. The summed E-state index contributed by atoms with van der Waals surface area (Å²) in [6, 6.07) is 5.19. The van der Waals surface area contributed by atoms with Crippen molar-refractivity contribution in [2.24, 2.45) is 0 Å². The minimum atomic E-state index is -2.69. The molecule has 7 heteroatoms. The molecule has 3 rings (SSSR count). The van der Waals surface area contributed by atoms with Gasteiger partial charge in [0.05, 0.1) is 5.56 Å². The highest BCUT2D eigenvalue weighted by Gasteiger charge is 2.36. The first-order valence-corrected chi connectivity index (χ1v) is 7.38. The Balaban J connectivity index is 1.93. The Morgan fingerprint density at radius 1 is 1.17 bits per heavy atom. The third kappa shape index (κ3) is 3.33. The molecule has 1 amide bonds. The molecule has 0 atom stereocenters. The average Bonchev–Trinajstić information content (AvgIpc) is 2.55. The molecule has 3 heterocycles. The lowest BCUT2D eigenvalue weighted by atomic mass is 10.0. The van der Waals surface area contributed by atoms with E-state index in [2.05, 4.69) is 15.0 Å². The number of alkyl halides is 2. The molecule has 1 aliphatic rings. The molecule has 1 aliphatic heterocycles. The van der Waals surface area contributed by atoms with Crippen LogP contribution in [-0.2, 0) is 0 Å². The highest BCUT2D eigenvalue weighted by molar-refractivity contribution is 5.98. The van der Waals surface area contributed by atoms with Gasteiger partial charge in [0.1, 0.15) is 5.69 Å². The van der Waals surface area contributed by atoms with E-state index in [0.29, 0.717) is 17.1 Å². The van der Waals surface area contributed by atoms with Gasteiger partial charge in [-0.1, -0.05) is 0 Å². The molecule has 0 N–H and O–H groups in total. The number of pyridine rings is 1. The molecule has 0 spiro atoms. The van der Waals surface area contributed by atoms with Crippen molar-refractivity contribution in [1.29, 1.82) is 0 Å².